The quantitative estimate of drug-likeness (QED) is 0.159. The fourth-order valence-corrected chi connectivity index (χ4v) is 8.69. The van der Waals surface area contributed by atoms with Gasteiger partial charge < -0.3 is 19.6 Å². The zero-order chi connectivity index (χ0) is 34.7. The molecule has 6 aromatic rings. The Hall–Kier alpha value is -6.00. The maximum atomic E-state index is 2.77. The lowest BCUT2D eigenvalue weighted by Gasteiger charge is -2.45. The molecule has 3 aliphatic rings. The van der Waals surface area contributed by atoms with Crippen molar-refractivity contribution in [1.29, 1.82) is 0 Å². The van der Waals surface area contributed by atoms with Crippen LogP contribution in [0.15, 0.2) is 182 Å². The molecule has 0 spiro atoms. The van der Waals surface area contributed by atoms with Crippen molar-refractivity contribution in [2.24, 2.45) is 0 Å². The predicted octanol–water partition coefficient (Wildman–Crippen LogP) is 10.9. The number of benzene rings is 6. The Morgan fingerprint density at radius 1 is 0.308 bits per heavy atom. The van der Waals surface area contributed by atoms with E-state index >= 15 is 0 Å². The van der Waals surface area contributed by atoms with E-state index in [-0.39, 0.29) is 0 Å². The molecule has 1 saturated carbocycles. The van der Waals surface area contributed by atoms with Gasteiger partial charge in [0, 0.05) is 33.6 Å². The summed E-state index contributed by atoms with van der Waals surface area (Å²) in [5.41, 5.74) is 12.6. The highest BCUT2D eigenvalue weighted by atomic mass is 15.4. The molecular formula is C48H44N4. The van der Waals surface area contributed by atoms with E-state index in [0.29, 0.717) is 12.1 Å². The molecule has 1 aliphatic carbocycles. The van der Waals surface area contributed by atoms with Crippen LogP contribution in [0, 0.1) is 0 Å². The van der Waals surface area contributed by atoms with Gasteiger partial charge in [0.25, 0.3) is 0 Å². The minimum Gasteiger partial charge on any atom is -0.346 e. The minimum atomic E-state index is 0.294. The van der Waals surface area contributed by atoms with Gasteiger partial charge >= 0.3 is 0 Å². The number of hydrogen-bond acceptors (Lipinski definition) is 4. The molecule has 1 fully saturated rings. The van der Waals surface area contributed by atoms with Gasteiger partial charge in [0.2, 0.25) is 0 Å². The van der Waals surface area contributed by atoms with E-state index in [1.807, 2.05) is 0 Å². The van der Waals surface area contributed by atoms with Gasteiger partial charge in [-0.1, -0.05) is 171 Å². The second-order valence-electron chi connectivity index (χ2n) is 14.0. The van der Waals surface area contributed by atoms with Crippen LogP contribution in [0.25, 0.3) is 22.8 Å². The van der Waals surface area contributed by atoms with E-state index in [1.165, 1.54) is 69.3 Å². The Kier molecular flexibility index (Phi) is 8.80. The number of hydrogen-bond donors (Lipinski definition) is 0. The molecule has 0 bridgehead atoms. The Morgan fingerprint density at radius 2 is 0.577 bits per heavy atom. The van der Waals surface area contributed by atoms with Gasteiger partial charge in [0.05, 0.1) is 48.2 Å². The molecule has 0 radical (unpaired) electrons. The van der Waals surface area contributed by atoms with Crippen LogP contribution in [0.4, 0.5) is 11.4 Å². The Morgan fingerprint density at radius 3 is 0.885 bits per heavy atom. The number of nitrogens with zero attached hydrogens (tertiary/aromatic N) is 4. The summed E-state index contributed by atoms with van der Waals surface area (Å²) in [4.78, 5) is 10.6. The molecule has 0 N–H and O–H groups in total. The van der Waals surface area contributed by atoms with Crippen LogP contribution < -0.4 is 9.80 Å². The molecule has 2 unspecified atom stereocenters. The first-order chi connectivity index (χ1) is 25.8. The molecule has 6 aromatic carbocycles. The molecule has 256 valence electrons. The SMILES string of the molecule is c1ccc(C2=C(c3ccccc3)N(C3CCCCC3N3CN(c4ccccc4)C(c4ccccc4)=C3c3ccccc3)CN2c2ccccc2)cc1. The van der Waals surface area contributed by atoms with E-state index in [1.54, 1.807) is 0 Å². The Balaban J connectivity index is 1.23. The summed E-state index contributed by atoms with van der Waals surface area (Å²) in [6, 6.07) is 66.7. The fourth-order valence-electron chi connectivity index (χ4n) is 8.69. The topological polar surface area (TPSA) is 13.0 Å². The lowest BCUT2D eigenvalue weighted by atomic mass is 9.86. The van der Waals surface area contributed by atoms with Gasteiger partial charge in [0.15, 0.2) is 0 Å². The highest BCUT2D eigenvalue weighted by Crippen LogP contribution is 2.48. The van der Waals surface area contributed by atoms with Crippen molar-refractivity contribution in [2.45, 2.75) is 37.8 Å². The summed E-state index contributed by atoms with van der Waals surface area (Å²) in [5, 5.41) is 0. The van der Waals surface area contributed by atoms with Crippen molar-refractivity contribution in [3.05, 3.63) is 204 Å². The second kappa shape index (κ2) is 14.3. The Bertz CT molecular complexity index is 1990. The zero-order valence-electron chi connectivity index (χ0n) is 29.5. The summed E-state index contributed by atoms with van der Waals surface area (Å²) < 4.78 is 0. The fraction of sp³-hybridized carbons (Fsp3) is 0.167. The highest BCUT2D eigenvalue weighted by Gasteiger charge is 2.45. The average Bonchev–Trinajstić information content (AvgIpc) is 3.83. The summed E-state index contributed by atoms with van der Waals surface area (Å²) >= 11 is 0. The van der Waals surface area contributed by atoms with Crippen molar-refractivity contribution in [2.75, 3.05) is 23.1 Å². The minimum absolute atomic E-state index is 0.294. The van der Waals surface area contributed by atoms with Crippen molar-refractivity contribution in [3.8, 4) is 0 Å². The molecule has 0 amide bonds. The smallest absolute Gasteiger partial charge is 0.0957 e. The molecule has 52 heavy (non-hydrogen) atoms. The van der Waals surface area contributed by atoms with E-state index in [9.17, 15) is 0 Å². The van der Waals surface area contributed by atoms with Crippen molar-refractivity contribution < 1.29 is 0 Å². The van der Waals surface area contributed by atoms with Crippen molar-refractivity contribution in [1.82, 2.24) is 9.80 Å². The lowest BCUT2D eigenvalue weighted by Crippen LogP contribution is -2.52. The maximum absolute atomic E-state index is 2.77. The van der Waals surface area contributed by atoms with Crippen LogP contribution >= 0.6 is 0 Å². The molecule has 4 heteroatoms. The molecule has 0 aromatic heterocycles. The molecule has 4 nitrogen and oxygen atoms in total. The second-order valence-corrected chi connectivity index (χ2v) is 14.0. The normalized spacial score (nSPS) is 19.2. The summed E-state index contributed by atoms with van der Waals surface area (Å²) in [6.45, 7) is 1.59. The van der Waals surface area contributed by atoms with Crippen LogP contribution in [-0.2, 0) is 0 Å². The van der Waals surface area contributed by atoms with E-state index in [4.69, 9.17) is 0 Å². The first-order valence-electron chi connectivity index (χ1n) is 18.7. The van der Waals surface area contributed by atoms with Crippen LogP contribution in [0.2, 0.25) is 0 Å². The number of rotatable bonds is 8. The van der Waals surface area contributed by atoms with Crippen LogP contribution in [0.3, 0.4) is 0 Å². The highest BCUT2D eigenvalue weighted by molar-refractivity contribution is 6.00. The first kappa shape index (κ1) is 31.9. The molecule has 2 heterocycles. The number of para-hydroxylation sites is 2. The van der Waals surface area contributed by atoms with E-state index in [2.05, 4.69) is 202 Å². The molecular weight excluding hydrogens is 633 g/mol. The first-order valence-corrected chi connectivity index (χ1v) is 18.7. The largest absolute Gasteiger partial charge is 0.346 e. The van der Waals surface area contributed by atoms with Gasteiger partial charge in [-0.05, 0) is 37.1 Å². The summed E-state index contributed by atoms with van der Waals surface area (Å²) in [7, 11) is 0. The van der Waals surface area contributed by atoms with Crippen LogP contribution in [0.1, 0.15) is 47.9 Å². The van der Waals surface area contributed by atoms with Crippen LogP contribution in [-0.4, -0.2) is 35.2 Å². The van der Waals surface area contributed by atoms with Gasteiger partial charge in [0.1, 0.15) is 0 Å². The van der Waals surface area contributed by atoms with Crippen LogP contribution in [0.5, 0.6) is 0 Å². The predicted molar refractivity (Wildman–Crippen MR) is 217 cm³/mol. The van der Waals surface area contributed by atoms with Crippen molar-refractivity contribution in [3.63, 3.8) is 0 Å². The van der Waals surface area contributed by atoms with Gasteiger partial charge in [-0.2, -0.15) is 0 Å². The average molecular weight is 677 g/mol. The third-order valence-corrected chi connectivity index (χ3v) is 11.0. The van der Waals surface area contributed by atoms with Crippen molar-refractivity contribution >= 4 is 34.2 Å². The zero-order valence-corrected chi connectivity index (χ0v) is 29.5. The van der Waals surface area contributed by atoms with E-state index in [0.717, 1.165) is 26.2 Å². The summed E-state index contributed by atoms with van der Waals surface area (Å²) in [6.07, 6.45) is 4.71. The van der Waals surface area contributed by atoms with E-state index < -0.39 is 0 Å². The Labute approximate surface area is 308 Å². The van der Waals surface area contributed by atoms with Gasteiger partial charge in [-0.3, -0.25) is 0 Å². The third kappa shape index (κ3) is 5.94. The lowest BCUT2D eigenvalue weighted by molar-refractivity contribution is 0.127. The molecule has 2 atom stereocenters. The van der Waals surface area contributed by atoms with Gasteiger partial charge in [-0.25, -0.2) is 0 Å². The third-order valence-electron chi connectivity index (χ3n) is 11.0. The number of anilines is 2. The molecule has 0 saturated heterocycles. The van der Waals surface area contributed by atoms with Gasteiger partial charge in [-0.15, -0.1) is 0 Å². The summed E-state index contributed by atoms with van der Waals surface area (Å²) in [5.74, 6) is 0. The standard InChI is InChI=1S/C48H44N4/c1-7-21-37(22-8-1)45-47(39-25-11-3-12-26-39)51(35-49(45)41-29-15-5-16-30-41)43-33-19-20-34-44(43)52-36-50(42-31-17-6-18-32-42)46(38-23-9-2-10-24-38)48(52)40-27-13-4-14-28-40/h1-18,21-32,43-44H,19-20,33-36H2. The monoisotopic (exact) mass is 676 g/mol. The maximum Gasteiger partial charge on any atom is 0.0957 e. The molecule has 9 rings (SSSR count). The molecule has 2 aliphatic heterocycles.